The molecule has 0 saturated heterocycles. The van der Waals surface area contributed by atoms with Gasteiger partial charge in [-0.15, -0.1) is 0 Å². The molecule has 0 saturated carbocycles. The Labute approximate surface area is 165 Å². The molecule has 0 aromatic heterocycles. The van der Waals surface area contributed by atoms with Gasteiger partial charge in [0, 0.05) is 21.7 Å². The SMILES string of the molecule is COc1ccc(/C(C)=N\NC(=O)CNC(=O)c2ccc(Br)cc2)c(OC)c1. The van der Waals surface area contributed by atoms with Gasteiger partial charge < -0.3 is 14.8 Å². The molecule has 0 unspecified atom stereocenters. The van der Waals surface area contributed by atoms with Crippen LogP contribution in [0.15, 0.2) is 52.0 Å². The Kier molecular flexibility index (Phi) is 7.36. The van der Waals surface area contributed by atoms with Crippen LogP contribution < -0.4 is 20.2 Å². The van der Waals surface area contributed by atoms with Crippen molar-refractivity contribution in [3.8, 4) is 11.5 Å². The Morgan fingerprint density at radius 2 is 1.78 bits per heavy atom. The molecule has 0 fully saturated rings. The first-order chi connectivity index (χ1) is 12.9. The van der Waals surface area contributed by atoms with Gasteiger partial charge in [0.05, 0.1) is 26.5 Å². The van der Waals surface area contributed by atoms with E-state index in [4.69, 9.17) is 9.47 Å². The first-order valence-corrected chi connectivity index (χ1v) is 8.83. The maximum absolute atomic E-state index is 12.0. The van der Waals surface area contributed by atoms with Crippen LogP contribution in [0.25, 0.3) is 0 Å². The molecule has 0 aliphatic heterocycles. The van der Waals surface area contributed by atoms with Crippen LogP contribution in [-0.4, -0.2) is 38.3 Å². The number of halogens is 1. The smallest absolute Gasteiger partial charge is 0.259 e. The van der Waals surface area contributed by atoms with Crippen LogP contribution in [0.3, 0.4) is 0 Å². The Bertz CT molecular complexity index is 851. The van der Waals surface area contributed by atoms with Crippen LogP contribution in [0, 0.1) is 0 Å². The summed E-state index contributed by atoms with van der Waals surface area (Å²) in [5.74, 6) is 0.457. The highest BCUT2D eigenvalue weighted by Crippen LogP contribution is 2.25. The van der Waals surface area contributed by atoms with Crippen LogP contribution in [0.2, 0.25) is 0 Å². The molecule has 0 bridgehead atoms. The predicted octanol–water partition coefficient (Wildman–Crippen LogP) is 2.74. The average Bonchev–Trinajstić information content (AvgIpc) is 2.70. The normalized spacial score (nSPS) is 10.9. The Morgan fingerprint density at radius 3 is 2.41 bits per heavy atom. The summed E-state index contributed by atoms with van der Waals surface area (Å²) in [6, 6.07) is 12.1. The van der Waals surface area contributed by atoms with Crippen molar-refractivity contribution in [2.75, 3.05) is 20.8 Å². The van der Waals surface area contributed by atoms with E-state index < -0.39 is 5.91 Å². The molecule has 2 N–H and O–H groups in total. The van der Waals surface area contributed by atoms with E-state index in [9.17, 15) is 9.59 Å². The third-order valence-electron chi connectivity index (χ3n) is 3.66. The minimum absolute atomic E-state index is 0.189. The van der Waals surface area contributed by atoms with Gasteiger partial charge in [-0.25, -0.2) is 5.43 Å². The maximum Gasteiger partial charge on any atom is 0.259 e. The summed E-state index contributed by atoms with van der Waals surface area (Å²) in [7, 11) is 3.11. The molecule has 2 amide bonds. The van der Waals surface area contributed by atoms with E-state index in [-0.39, 0.29) is 12.5 Å². The number of methoxy groups -OCH3 is 2. The zero-order valence-corrected chi connectivity index (χ0v) is 16.8. The second kappa shape index (κ2) is 9.72. The minimum atomic E-state index is -0.438. The van der Waals surface area contributed by atoms with Crippen molar-refractivity contribution in [1.82, 2.24) is 10.7 Å². The summed E-state index contributed by atoms with van der Waals surface area (Å²) < 4.78 is 11.3. The van der Waals surface area contributed by atoms with Gasteiger partial charge in [0.2, 0.25) is 0 Å². The highest BCUT2D eigenvalue weighted by Gasteiger charge is 2.10. The summed E-state index contributed by atoms with van der Waals surface area (Å²) in [6.07, 6.45) is 0. The molecule has 27 heavy (non-hydrogen) atoms. The van der Waals surface area contributed by atoms with E-state index >= 15 is 0 Å². The van der Waals surface area contributed by atoms with Gasteiger partial charge in [-0.2, -0.15) is 5.10 Å². The summed E-state index contributed by atoms with van der Waals surface area (Å²) >= 11 is 3.30. The lowest BCUT2D eigenvalue weighted by molar-refractivity contribution is -0.120. The van der Waals surface area contributed by atoms with Gasteiger partial charge in [0.1, 0.15) is 11.5 Å². The summed E-state index contributed by atoms with van der Waals surface area (Å²) in [5, 5.41) is 6.60. The maximum atomic E-state index is 12.0. The van der Waals surface area contributed by atoms with Crippen LogP contribution in [-0.2, 0) is 4.79 Å². The fourth-order valence-corrected chi connectivity index (χ4v) is 2.47. The van der Waals surface area contributed by atoms with Crippen LogP contribution in [0.5, 0.6) is 11.5 Å². The molecule has 0 heterocycles. The number of rotatable bonds is 7. The number of hydrogen-bond donors (Lipinski definition) is 2. The standard InChI is InChI=1S/C19H20BrN3O4/c1-12(16-9-8-15(26-2)10-17(16)27-3)22-23-18(24)11-21-19(25)13-4-6-14(20)7-5-13/h4-10H,11H2,1-3H3,(H,21,25)(H,23,24)/b22-12-. The number of benzene rings is 2. The Hall–Kier alpha value is -2.87. The minimum Gasteiger partial charge on any atom is -0.497 e. The van der Waals surface area contributed by atoms with Gasteiger partial charge in [-0.05, 0) is 43.3 Å². The van der Waals surface area contributed by atoms with Crippen molar-refractivity contribution in [1.29, 1.82) is 0 Å². The lowest BCUT2D eigenvalue weighted by atomic mass is 10.1. The van der Waals surface area contributed by atoms with Gasteiger partial charge in [0.15, 0.2) is 0 Å². The molecular weight excluding hydrogens is 414 g/mol. The van der Waals surface area contributed by atoms with Gasteiger partial charge in [-0.1, -0.05) is 15.9 Å². The molecule has 142 valence electrons. The Balaban J connectivity index is 1.93. The lowest BCUT2D eigenvalue weighted by Gasteiger charge is -2.10. The van der Waals surface area contributed by atoms with E-state index in [0.29, 0.717) is 22.8 Å². The number of nitrogens with zero attached hydrogens (tertiary/aromatic N) is 1. The molecule has 2 rings (SSSR count). The highest BCUT2D eigenvalue weighted by molar-refractivity contribution is 9.10. The lowest BCUT2D eigenvalue weighted by Crippen LogP contribution is -2.35. The van der Waals surface area contributed by atoms with Crippen molar-refractivity contribution < 1.29 is 19.1 Å². The predicted molar refractivity (Wildman–Crippen MR) is 106 cm³/mol. The number of carbonyl (C=O) groups is 2. The summed E-state index contributed by atoms with van der Waals surface area (Å²) in [5.41, 5.74) is 4.16. The third-order valence-corrected chi connectivity index (χ3v) is 4.19. The second-order valence-electron chi connectivity index (χ2n) is 5.49. The summed E-state index contributed by atoms with van der Waals surface area (Å²) in [6.45, 7) is 1.55. The number of hydrogen-bond acceptors (Lipinski definition) is 5. The van der Waals surface area contributed by atoms with E-state index in [1.54, 1.807) is 63.6 Å². The topological polar surface area (TPSA) is 89.0 Å². The van der Waals surface area contributed by atoms with Crippen molar-refractivity contribution in [2.24, 2.45) is 5.10 Å². The van der Waals surface area contributed by atoms with Crippen LogP contribution in [0.4, 0.5) is 0 Å². The second-order valence-corrected chi connectivity index (χ2v) is 6.40. The molecule has 0 atom stereocenters. The molecule has 2 aromatic rings. The molecule has 0 aliphatic carbocycles. The van der Waals surface area contributed by atoms with Gasteiger partial charge in [0.25, 0.3) is 11.8 Å². The number of nitrogens with one attached hydrogen (secondary N) is 2. The van der Waals surface area contributed by atoms with Crippen LogP contribution >= 0.6 is 15.9 Å². The first-order valence-electron chi connectivity index (χ1n) is 8.04. The van der Waals surface area contributed by atoms with Gasteiger partial charge in [-0.3, -0.25) is 9.59 Å². The van der Waals surface area contributed by atoms with E-state index in [1.165, 1.54) is 0 Å². The third kappa shape index (κ3) is 5.82. The molecule has 7 nitrogen and oxygen atoms in total. The fourth-order valence-electron chi connectivity index (χ4n) is 2.21. The van der Waals surface area contributed by atoms with Crippen molar-refractivity contribution in [3.05, 3.63) is 58.1 Å². The molecule has 0 radical (unpaired) electrons. The number of carbonyl (C=O) groups excluding carboxylic acids is 2. The zero-order valence-electron chi connectivity index (χ0n) is 15.2. The molecular formula is C19H20BrN3O4. The Morgan fingerprint density at radius 1 is 1.07 bits per heavy atom. The fraction of sp³-hybridized carbons (Fsp3) is 0.211. The molecule has 0 aliphatic rings. The monoisotopic (exact) mass is 433 g/mol. The van der Waals surface area contributed by atoms with Crippen molar-refractivity contribution in [2.45, 2.75) is 6.92 Å². The van der Waals surface area contributed by atoms with Gasteiger partial charge >= 0.3 is 0 Å². The number of hydrazone groups is 1. The largest absolute Gasteiger partial charge is 0.497 e. The molecule has 8 heteroatoms. The first kappa shape index (κ1) is 20.4. The number of ether oxygens (including phenoxy) is 2. The van der Waals surface area contributed by atoms with E-state index in [1.807, 2.05) is 0 Å². The van der Waals surface area contributed by atoms with Crippen molar-refractivity contribution >= 4 is 33.5 Å². The number of amides is 2. The van der Waals surface area contributed by atoms with E-state index in [2.05, 4.69) is 31.8 Å². The summed E-state index contributed by atoms with van der Waals surface area (Å²) in [4.78, 5) is 23.9. The zero-order chi connectivity index (χ0) is 19.8. The van der Waals surface area contributed by atoms with Crippen molar-refractivity contribution in [3.63, 3.8) is 0 Å². The van der Waals surface area contributed by atoms with E-state index in [0.717, 1.165) is 10.0 Å². The average molecular weight is 434 g/mol. The molecule has 2 aromatic carbocycles. The van der Waals surface area contributed by atoms with Crippen LogP contribution in [0.1, 0.15) is 22.8 Å². The highest BCUT2D eigenvalue weighted by atomic mass is 79.9. The molecule has 0 spiro atoms. The quantitative estimate of drug-likeness (QED) is 0.518.